The molecular formula is C20H21N7. The molecule has 2 aliphatic rings. The molecule has 1 unspecified atom stereocenters. The van der Waals surface area contributed by atoms with Crippen molar-refractivity contribution in [1.82, 2.24) is 4.98 Å². The monoisotopic (exact) mass is 359 g/mol. The fourth-order valence-corrected chi connectivity index (χ4v) is 2.84. The highest BCUT2D eigenvalue weighted by atomic mass is 14.9. The molecule has 0 amide bonds. The van der Waals surface area contributed by atoms with Gasteiger partial charge in [0.15, 0.2) is 0 Å². The number of nitrogens with one attached hydrogen (secondary N) is 2. The molecule has 1 aliphatic carbocycles. The van der Waals surface area contributed by atoms with Crippen molar-refractivity contribution in [3.63, 3.8) is 0 Å². The van der Waals surface area contributed by atoms with Gasteiger partial charge in [0.1, 0.15) is 5.84 Å². The van der Waals surface area contributed by atoms with E-state index in [1.165, 1.54) is 12.3 Å². The third-order valence-electron chi connectivity index (χ3n) is 4.03. The lowest BCUT2D eigenvalue weighted by Gasteiger charge is -2.28. The van der Waals surface area contributed by atoms with Gasteiger partial charge in [-0.3, -0.25) is 15.8 Å². The van der Waals surface area contributed by atoms with E-state index in [1.807, 2.05) is 13.8 Å². The predicted molar refractivity (Wildman–Crippen MR) is 108 cm³/mol. The van der Waals surface area contributed by atoms with Crippen molar-refractivity contribution in [3.05, 3.63) is 71.2 Å². The van der Waals surface area contributed by atoms with Crippen molar-refractivity contribution in [2.75, 3.05) is 0 Å². The molecule has 0 saturated carbocycles. The maximum atomic E-state index is 9.80. The van der Waals surface area contributed by atoms with Crippen LogP contribution in [0, 0.1) is 28.1 Å². The highest BCUT2D eigenvalue weighted by Crippen LogP contribution is 2.38. The number of hydrogen-bond acceptors (Lipinski definition) is 7. The molecule has 1 atom stereocenters. The summed E-state index contributed by atoms with van der Waals surface area (Å²) < 4.78 is 0. The van der Waals surface area contributed by atoms with Gasteiger partial charge in [-0.05, 0) is 23.8 Å². The van der Waals surface area contributed by atoms with E-state index in [9.17, 15) is 5.26 Å². The first-order chi connectivity index (χ1) is 13.1. The van der Waals surface area contributed by atoms with Gasteiger partial charge >= 0.3 is 0 Å². The van der Waals surface area contributed by atoms with Gasteiger partial charge in [-0.1, -0.05) is 26.0 Å². The molecule has 0 fully saturated rings. The van der Waals surface area contributed by atoms with E-state index < -0.39 is 5.92 Å². The second-order valence-corrected chi connectivity index (χ2v) is 5.44. The van der Waals surface area contributed by atoms with Crippen molar-refractivity contribution < 1.29 is 0 Å². The number of hydrogen-bond donors (Lipinski definition) is 4. The Bertz CT molecular complexity index is 954. The summed E-state index contributed by atoms with van der Waals surface area (Å²) in [5.41, 5.74) is 14.2. The SMILES string of the molecule is CC.N#CC1=C(c2cccnc2)N=C(N)/C(=C\N)C1C1=CC=CC(=N)C1=N. The van der Waals surface area contributed by atoms with E-state index in [0.29, 0.717) is 28.0 Å². The van der Waals surface area contributed by atoms with E-state index >= 15 is 0 Å². The summed E-state index contributed by atoms with van der Waals surface area (Å²) in [6.45, 7) is 4.00. The number of pyridine rings is 1. The van der Waals surface area contributed by atoms with Gasteiger partial charge in [-0.2, -0.15) is 5.26 Å². The van der Waals surface area contributed by atoms with Crippen LogP contribution in [0.4, 0.5) is 0 Å². The zero-order valence-electron chi connectivity index (χ0n) is 15.2. The van der Waals surface area contributed by atoms with Crippen LogP contribution in [0.3, 0.4) is 0 Å². The number of allylic oxidation sites excluding steroid dienone is 5. The Morgan fingerprint density at radius 2 is 2.04 bits per heavy atom. The minimum Gasteiger partial charge on any atom is -0.404 e. The summed E-state index contributed by atoms with van der Waals surface area (Å²) in [6, 6.07) is 5.71. The fraction of sp³-hybridized carbons (Fsp3) is 0.150. The van der Waals surface area contributed by atoms with Crippen LogP contribution >= 0.6 is 0 Å². The van der Waals surface area contributed by atoms with Crippen LogP contribution in [-0.2, 0) is 0 Å². The quantitative estimate of drug-likeness (QED) is 0.600. The lowest BCUT2D eigenvalue weighted by molar-refractivity contribution is 0.912. The standard InChI is InChI=1S/C18H15N7.C2H6/c19-7-12-15(11-4-1-5-14(21)16(11)22)13(8-20)18(23)25-17(12)10-3-2-6-24-9-10;1-2/h1-6,8-9,15,21-22H,20H2,(H2,23,25);1-2H3/b13-8-,21-14?,22-16?;. The van der Waals surface area contributed by atoms with Crippen LogP contribution in [0.25, 0.3) is 5.70 Å². The number of aliphatic imine (C=N–C) groups is 1. The molecule has 1 aromatic heterocycles. The minimum absolute atomic E-state index is 0.0276. The van der Waals surface area contributed by atoms with Crippen LogP contribution in [0.2, 0.25) is 0 Å². The topological polar surface area (TPSA) is 149 Å². The Hall–Kier alpha value is -3.79. The number of aromatic nitrogens is 1. The molecule has 1 aliphatic heterocycles. The summed E-state index contributed by atoms with van der Waals surface area (Å²) in [4.78, 5) is 8.40. The molecule has 0 radical (unpaired) electrons. The molecule has 3 rings (SSSR count). The van der Waals surface area contributed by atoms with Crippen LogP contribution in [0.1, 0.15) is 19.4 Å². The molecule has 0 bridgehead atoms. The average Bonchev–Trinajstić information content (AvgIpc) is 2.71. The summed E-state index contributed by atoms with van der Waals surface area (Å²) in [7, 11) is 0. The number of amidine groups is 1. The first-order valence-electron chi connectivity index (χ1n) is 8.45. The zero-order valence-corrected chi connectivity index (χ0v) is 15.2. The molecular weight excluding hydrogens is 338 g/mol. The van der Waals surface area contributed by atoms with Crippen LogP contribution in [0.15, 0.2) is 70.7 Å². The number of nitrogens with zero attached hydrogens (tertiary/aromatic N) is 3. The molecule has 0 saturated heterocycles. The molecule has 136 valence electrons. The van der Waals surface area contributed by atoms with Gasteiger partial charge in [-0.25, -0.2) is 4.99 Å². The highest BCUT2D eigenvalue weighted by molar-refractivity contribution is 6.51. The van der Waals surface area contributed by atoms with E-state index in [4.69, 9.17) is 22.3 Å². The zero-order chi connectivity index (χ0) is 20.0. The number of rotatable bonds is 2. The molecule has 0 aromatic carbocycles. The average molecular weight is 359 g/mol. The maximum Gasteiger partial charge on any atom is 0.129 e. The van der Waals surface area contributed by atoms with E-state index in [1.54, 1.807) is 36.7 Å². The van der Waals surface area contributed by atoms with E-state index in [0.717, 1.165) is 0 Å². The summed E-state index contributed by atoms with van der Waals surface area (Å²) in [5, 5.41) is 25.9. The van der Waals surface area contributed by atoms with Crippen molar-refractivity contribution in [1.29, 1.82) is 16.1 Å². The van der Waals surface area contributed by atoms with Gasteiger partial charge < -0.3 is 11.5 Å². The Balaban J connectivity index is 0.00000126. The van der Waals surface area contributed by atoms with Crippen LogP contribution in [0.5, 0.6) is 0 Å². The van der Waals surface area contributed by atoms with Crippen molar-refractivity contribution in [3.8, 4) is 6.07 Å². The summed E-state index contributed by atoms with van der Waals surface area (Å²) in [5.74, 6) is -0.472. The predicted octanol–water partition coefficient (Wildman–Crippen LogP) is 2.71. The van der Waals surface area contributed by atoms with Crippen molar-refractivity contribution >= 4 is 23.0 Å². The summed E-state index contributed by atoms with van der Waals surface area (Å²) in [6.07, 6.45) is 9.42. The van der Waals surface area contributed by atoms with Gasteiger partial charge in [0, 0.05) is 29.7 Å². The van der Waals surface area contributed by atoms with Crippen molar-refractivity contribution in [2.24, 2.45) is 22.4 Å². The second kappa shape index (κ2) is 8.54. The van der Waals surface area contributed by atoms with Gasteiger partial charge in [0.25, 0.3) is 0 Å². The number of nitriles is 1. The van der Waals surface area contributed by atoms with Gasteiger partial charge in [-0.15, -0.1) is 0 Å². The lowest BCUT2D eigenvalue weighted by Crippen LogP contribution is -2.32. The molecule has 2 heterocycles. The normalized spacial score (nSPS) is 20.5. The van der Waals surface area contributed by atoms with Gasteiger partial charge in [0.2, 0.25) is 0 Å². The molecule has 1 aromatic rings. The number of nitrogens with two attached hydrogens (primary N) is 2. The highest BCUT2D eigenvalue weighted by Gasteiger charge is 2.35. The Kier molecular flexibility index (Phi) is 6.18. The third kappa shape index (κ3) is 3.60. The Morgan fingerprint density at radius 1 is 1.30 bits per heavy atom. The van der Waals surface area contributed by atoms with E-state index in [2.05, 4.69) is 16.0 Å². The minimum atomic E-state index is -0.652. The van der Waals surface area contributed by atoms with Crippen LogP contribution < -0.4 is 11.5 Å². The smallest absolute Gasteiger partial charge is 0.129 e. The first-order valence-corrected chi connectivity index (χ1v) is 8.45. The Labute approximate surface area is 158 Å². The lowest BCUT2D eigenvalue weighted by atomic mass is 9.77. The maximum absolute atomic E-state index is 9.80. The molecule has 7 heteroatoms. The fourth-order valence-electron chi connectivity index (χ4n) is 2.84. The van der Waals surface area contributed by atoms with Crippen molar-refractivity contribution in [2.45, 2.75) is 13.8 Å². The summed E-state index contributed by atoms with van der Waals surface area (Å²) >= 11 is 0. The first kappa shape index (κ1) is 19.5. The Morgan fingerprint density at radius 3 is 2.63 bits per heavy atom. The second-order valence-electron chi connectivity index (χ2n) is 5.44. The molecule has 7 nitrogen and oxygen atoms in total. The van der Waals surface area contributed by atoms with Gasteiger partial charge in [0.05, 0.1) is 34.7 Å². The largest absolute Gasteiger partial charge is 0.404 e. The molecule has 6 N–H and O–H groups in total. The third-order valence-corrected chi connectivity index (χ3v) is 4.03. The molecule has 27 heavy (non-hydrogen) atoms. The van der Waals surface area contributed by atoms with Crippen LogP contribution in [-0.4, -0.2) is 22.2 Å². The molecule has 0 spiro atoms. The van der Waals surface area contributed by atoms with E-state index in [-0.39, 0.29) is 17.3 Å².